The van der Waals surface area contributed by atoms with Gasteiger partial charge in [-0.25, -0.2) is 0 Å². The van der Waals surface area contributed by atoms with Gasteiger partial charge in [-0.15, -0.1) is 0 Å². The van der Waals surface area contributed by atoms with E-state index >= 15 is 0 Å². The van der Waals surface area contributed by atoms with Crippen LogP contribution in [0.5, 0.6) is 5.75 Å². The van der Waals surface area contributed by atoms with E-state index in [4.69, 9.17) is 4.74 Å². The van der Waals surface area contributed by atoms with E-state index in [1.807, 2.05) is 24.3 Å². The quantitative estimate of drug-likeness (QED) is 0.802. The Balaban J connectivity index is 1.44. The van der Waals surface area contributed by atoms with Gasteiger partial charge in [0.15, 0.2) is 0 Å². The smallest absolute Gasteiger partial charge is 0.220 e. The van der Waals surface area contributed by atoms with Crippen molar-refractivity contribution in [3.8, 4) is 5.75 Å². The van der Waals surface area contributed by atoms with E-state index in [1.165, 1.54) is 5.39 Å². The van der Waals surface area contributed by atoms with Crippen molar-refractivity contribution in [2.75, 3.05) is 19.7 Å². The summed E-state index contributed by atoms with van der Waals surface area (Å²) in [6.45, 7) is 4.71. The van der Waals surface area contributed by atoms with Gasteiger partial charge in [-0.2, -0.15) is 0 Å². The van der Waals surface area contributed by atoms with Crippen molar-refractivity contribution in [3.63, 3.8) is 0 Å². The normalized spacial score (nSPS) is 20.7. The molecule has 24 heavy (non-hydrogen) atoms. The molecule has 1 aliphatic heterocycles. The van der Waals surface area contributed by atoms with Crippen molar-refractivity contribution in [2.45, 2.75) is 32.2 Å². The van der Waals surface area contributed by atoms with Crippen LogP contribution in [0, 0.1) is 5.92 Å². The molecule has 2 aromatic rings. The van der Waals surface area contributed by atoms with Crippen LogP contribution in [-0.4, -0.2) is 31.6 Å². The molecule has 0 radical (unpaired) electrons. The third kappa shape index (κ3) is 4.26. The third-order valence-corrected chi connectivity index (χ3v) is 4.69. The van der Waals surface area contributed by atoms with Gasteiger partial charge < -0.3 is 15.4 Å². The molecule has 2 atom stereocenters. The second kappa shape index (κ2) is 8.15. The number of piperidine rings is 1. The highest BCUT2D eigenvalue weighted by molar-refractivity contribution is 5.88. The number of ether oxygens (including phenoxy) is 1. The predicted molar refractivity (Wildman–Crippen MR) is 97.3 cm³/mol. The molecule has 2 unspecified atom stereocenters. The third-order valence-electron chi connectivity index (χ3n) is 4.69. The molecule has 1 amide bonds. The second-order valence-electron chi connectivity index (χ2n) is 6.57. The summed E-state index contributed by atoms with van der Waals surface area (Å²) in [7, 11) is 0. The molecule has 3 rings (SSSR count). The van der Waals surface area contributed by atoms with Crippen molar-refractivity contribution in [1.82, 2.24) is 10.6 Å². The Kier molecular flexibility index (Phi) is 5.70. The summed E-state index contributed by atoms with van der Waals surface area (Å²) >= 11 is 0. The molecule has 1 heterocycles. The van der Waals surface area contributed by atoms with Crippen LogP contribution in [0.2, 0.25) is 0 Å². The Bertz CT molecular complexity index is 681. The number of amides is 1. The van der Waals surface area contributed by atoms with Gasteiger partial charge in [0.05, 0.1) is 6.61 Å². The molecule has 0 aromatic heterocycles. The van der Waals surface area contributed by atoms with Gasteiger partial charge >= 0.3 is 0 Å². The maximum atomic E-state index is 12.1. The molecule has 2 N–H and O–H groups in total. The molecule has 0 aliphatic carbocycles. The molecular weight excluding hydrogens is 300 g/mol. The average molecular weight is 326 g/mol. The maximum Gasteiger partial charge on any atom is 0.220 e. The summed E-state index contributed by atoms with van der Waals surface area (Å²) in [6.07, 6.45) is 2.26. The number of hydrogen-bond donors (Lipinski definition) is 2. The molecule has 1 aliphatic rings. The standard InChI is InChI=1S/C20H26N2O2/c1-15-14-21-12-11-18(15)22-20(23)10-5-13-24-19-9-4-7-16-6-2-3-8-17(16)19/h2-4,6-9,15,18,21H,5,10-14H2,1H3,(H,22,23). The van der Waals surface area contributed by atoms with Gasteiger partial charge in [-0.3, -0.25) is 4.79 Å². The van der Waals surface area contributed by atoms with E-state index in [9.17, 15) is 4.79 Å². The van der Waals surface area contributed by atoms with Crippen LogP contribution >= 0.6 is 0 Å². The summed E-state index contributed by atoms with van der Waals surface area (Å²) in [4.78, 5) is 12.1. The van der Waals surface area contributed by atoms with Crippen LogP contribution in [0.3, 0.4) is 0 Å². The zero-order valence-corrected chi connectivity index (χ0v) is 14.3. The molecule has 1 fully saturated rings. The highest BCUT2D eigenvalue weighted by atomic mass is 16.5. The van der Waals surface area contributed by atoms with E-state index < -0.39 is 0 Å². The number of carbonyl (C=O) groups is 1. The molecule has 128 valence electrons. The van der Waals surface area contributed by atoms with E-state index in [1.54, 1.807) is 0 Å². The Morgan fingerprint density at radius 3 is 2.96 bits per heavy atom. The van der Waals surface area contributed by atoms with Gasteiger partial charge in [0.1, 0.15) is 5.75 Å². The van der Waals surface area contributed by atoms with Crippen molar-refractivity contribution in [1.29, 1.82) is 0 Å². The second-order valence-corrected chi connectivity index (χ2v) is 6.57. The first-order valence-electron chi connectivity index (χ1n) is 8.84. The summed E-state index contributed by atoms with van der Waals surface area (Å²) in [5, 5.41) is 8.81. The minimum absolute atomic E-state index is 0.135. The number of hydrogen-bond acceptors (Lipinski definition) is 3. The Labute approximate surface area is 143 Å². The molecule has 1 saturated heterocycles. The van der Waals surface area contributed by atoms with Gasteiger partial charge in [-0.05, 0) is 43.3 Å². The van der Waals surface area contributed by atoms with Crippen LogP contribution < -0.4 is 15.4 Å². The van der Waals surface area contributed by atoms with Crippen molar-refractivity contribution < 1.29 is 9.53 Å². The van der Waals surface area contributed by atoms with Crippen LogP contribution in [0.15, 0.2) is 42.5 Å². The Morgan fingerprint density at radius 1 is 1.25 bits per heavy atom. The van der Waals surface area contributed by atoms with Crippen molar-refractivity contribution >= 4 is 16.7 Å². The van der Waals surface area contributed by atoms with Gasteiger partial charge in [0.25, 0.3) is 0 Å². The van der Waals surface area contributed by atoms with Gasteiger partial charge in [0, 0.05) is 17.8 Å². The van der Waals surface area contributed by atoms with Gasteiger partial charge in [-0.1, -0.05) is 43.3 Å². The lowest BCUT2D eigenvalue weighted by Crippen LogP contribution is -2.48. The summed E-state index contributed by atoms with van der Waals surface area (Å²) < 4.78 is 5.89. The monoisotopic (exact) mass is 326 g/mol. The van der Waals surface area contributed by atoms with Crippen LogP contribution in [0.1, 0.15) is 26.2 Å². The number of rotatable bonds is 6. The first-order chi connectivity index (χ1) is 11.7. The lowest BCUT2D eigenvalue weighted by Gasteiger charge is -2.30. The predicted octanol–water partition coefficient (Wildman–Crippen LogP) is 3.11. The summed E-state index contributed by atoms with van der Waals surface area (Å²) in [5.74, 6) is 1.52. The number of fused-ring (bicyclic) bond motifs is 1. The molecular formula is C20H26N2O2. The van der Waals surface area contributed by atoms with E-state index in [0.717, 1.165) is 37.1 Å². The zero-order valence-electron chi connectivity index (χ0n) is 14.3. The fourth-order valence-corrected chi connectivity index (χ4v) is 3.24. The minimum Gasteiger partial charge on any atom is -0.493 e. The maximum absolute atomic E-state index is 12.1. The summed E-state index contributed by atoms with van der Waals surface area (Å²) in [6, 6.07) is 14.6. The minimum atomic E-state index is 0.135. The Morgan fingerprint density at radius 2 is 2.08 bits per heavy atom. The Hall–Kier alpha value is -2.07. The highest BCUT2D eigenvalue weighted by Crippen LogP contribution is 2.25. The summed E-state index contributed by atoms with van der Waals surface area (Å²) in [5.41, 5.74) is 0. The first kappa shape index (κ1) is 16.8. The number of nitrogens with one attached hydrogen (secondary N) is 2. The van der Waals surface area contributed by atoms with E-state index in [2.05, 4.69) is 35.8 Å². The average Bonchev–Trinajstić information content (AvgIpc) is 2.61. The number of benzene rings is 2. The zero-order chi connectivity index (χ0) is 16.8. The number of carbonyl (C=O) groups excluding carboxylic acids is 1. The van der Waals surface area contributed by atoms with E-state index in [0.29, 0.717) is 25.0 Å². The largest absolute Gasteiger partial charge is 0.493 e. The fraction of sp³-hybridized carbons (Fsp3) is 0.450. The molecule has 0 spiro atoms. The fourth-order valence-electron chi connectivity index (χ4n) is 3.24. The lowest BCUT2D eigenvalue weighted by molar-refractivity contribution is -0.122. The van der Waals surface area contributed by atoms with Gasteiger partial charge in [0.2, 0.25) is 5.91 Å². The SMILES string of the molecule is CC1CNCCC1NC(=O)CCCOc1cccc2ccccc12. The van der Waals surface area contributed by atoms with Crippen molar-refractivity contribution in [2.24, 2.45) is 5.92 Å². The topological polar surface area (TPSA) is 50.4 Å². The highest BCUT2D eigenvalue weighted by Gasteiger charge is 2.22. The van der Waals surface area contributed by atoms with Crippen LogP contribution in [0.25, 0.3) is 10.8 Å². The molecule has 4 heteroatoms. The van der Waals surface area contributed by atoms with E-state index in [-0.39, 0.29) is 5.91 Å². The molecule has 4 nitrogen and oxygen atoms in total. The van der Waals surface area contributed by atoms with Crippen LogP contribution in [-0.2, 0) is 4.79 Å². The van der Waals surface area contributed by atoms with Crippen LogP contribution in [0.4, 0.5) is 0 Å². The first-order valence-corrected chi connectivity index (χ1v) is 8.84. The lowest BCUT2D eigenvalue weighted by atomic mass is 9.95. The van der Waals surface area contributed by atoms with Crippen molar-refractivity contribution in [3.05, 3.63) is 42.5 Å². The molecule has 0 bridgehead atoms. The molecule has 0 saturated carbocycles. The molecule has 2 aromatic carbocycles.